The van der Waals surface area contributed by atoms with Gasteiger partial charge in [0.15, 0.2) is 0 Å². The molecule has 5 nitrogen and oxygen atoms in total. The Kier molecular flexibility index (Phi) is 5.51. The maximum absolute atomic E-state index is 10.9. The molecule has 1 fully saturated rings. The zero-order valence-corrected chi connectivity index (χ0v) is 13.2. The molecule has 1 aliphatic heterocycles. The van der Waals surface area contributed by atoms with Crippen LogP contribution >= 0.6 is 15.9 Å². The summed E-state index contributed by atoms with van der Waals surface area (Å²) in [5.41, 5.74) is 1.05. The number of nitro groups is 1. The molecule has 1 atom stereocenters. The fourth-order valence-corrected chi connectivity index (χ4v) is 3.09. The van der Waals surface area contributed by atoms with Crippen LogP contribution in [0.15, 0.2) is 22.7 Å². The summed E-state index contributed by atoms with van der Waals surface area (Å²) in [6.45, 7) is 6.20. The van der Waals surface area contributed by atoms with E-state index in [2.05, 4.69) is 33.1 Å². The summed E-state index contributed by atoms with van der Waals surface area (Å²) in [5.74, 6) is 0. The van der Waals surface area contributed by atoms with Crippen LogP contribution in [0.5, 0.6) is 0 Å². The van der Waals surface area contributed by atoms with Crippen LogP contribution in [0.4, 0.5) is 5.69 Å². The van der Waals surface area contributed by atoms with E-state index in [0.29, 0.717) is 17.1 Å². The van der Waals surface area contributed by atoms with Crippen molar-refractivity contribution in [2.45, 2.75) is 32.4 Å². The smallest absolute Gasteiger partial charge is 0.283 e. The molecule has 1 N–H and O–H groups in total. The number of rotatable bonds is 6. The van der Waals surface area contributed by atoms with Gasteiger partial charge in [0, 0.05) is 25.2 Å². The third-order valence-electron chi connectivity index (χ3n) is 3.63. The van der Waals surface area contributed by atoms with Crippen molar-refractivity contribution in [2.24, 2.45) is 0 Å². The average molecular weight is 342 g/mol. The fourth-order valence-electron chi connectivity index (χ4n) is 2.55. The van der Waals surface area contributed by atoms with Crippen molar-refractivity contribution in [3.05, 3.63) is 38.3 Å². The van der Waals surface area contributed by atoms with Crippen LogP contribution in [0, 0.1) is 10.1 Å². The van der Waals surface area contributed by atoms with E-state index in [4.69, 9.17) is 0 Å². The number of nitro benzene ring substituents is 1. The van der Waals surface area contributed by atoms with Gasteiger partial charge < -0.3 is 10.2 Å². The van der Waals surface area contributed by atoms with E-state index in [9.17, 15) is 10.1 Å². The SMILES string of the molecule is CC(CN1CCCC1)NCc1cccc([N+](=O)[O-])c1Br. The van der Waals surface area contributed by atoms with Gasteiger partial charge >= 0.3 is 0 Å². The Morgan fingerprint density at radius 3 is 2.80 bits per heavy atom. The monoisotopic (exact) mass is 341 g/mol. The maximum atomic E-state index is 10.9. The summed E-state index contributed by atoms with van der Waals surface area (Å²) in [5, 5.41) is 14.3. The topological polar surface area (TPSA) is 58.4 Å². The molecule has 20 heavy (non-hydrogen) atoms. The van der Waals surface area contributed by atoms with Gasteiger partial charge in [0.05, 0.1) is 9.40 Å². The van der Waals surface area contributed by atoms with Gasteiger partial charge in [-0.3, -0.25) is 10.1 Å². The minimum Gasteiger partial charge on any atom is -0.309 e. The predicted octanol–water partition coefficient (Wildman–Crippen LogP) is 2.93. The third kappa shape index (κ3) is 4.01. The van der Waals surface area contributed by atoms with Crippen LogP contribution in [0.25, 0.3) is 0 Å². The molecule has 1 aliphatic rings. The Morgan fingerprint density at radius 1 is 1.45 bits per heavy atom. The zero-order valence-electron chi connectivity index (χ0n) is 11.6. The predicted molar refractivity (Wildman–Crippen MR) is 82.8 cm³/mol. The molecule has 1 aromatic carbocycles. The zero-order chi connectivity index (χ0) is 14.5. The standard InChI is InChI=1S/C14H20BrN3O2/c1-11(10-17-7-2-3-8-17)16-9-12-5-4-6-13(14(12)15)18(19)20/h4-6,11,16H,2-3,7-10H2,1H3. The number of hydrogen-bond acceptors (Lipinski definition) is 4. The van der Waals surface area contributed by atoms with Gasteiger partial charge in [-0.05, 0) is 54.3 Å². The molecule has 1 unspecified atom stereocenters. The van der Waals surface area contributed by atoms with Gasteiger partial charge in [-0.15, -0.1) is 0 Å². The molecule has 0 bridgehead atoms. The molecule has 0 spiro atoms. The van der Waals surface area contributed by atoms with E-state index in [1.807, 2.05) is 6.07 Å². The van der Waals surface area contributed by atoms with Crippen LogP contribution < -0.4 is 5.32 Å². The Balaban J connectivity index is 1.90. The summed E-state index contributed by atoms with van der Waals surface area (Å²) in [7, 11) is 0. The van der Waals surface area contributed by atoms with Crippen molar-refractivity contribution in [1.29, 1.82) is 0 Å². The number of hydrogen-bond donors (Lipinski definition) is 1. The van der Waals surface area contributed by atoms with E-state index in [1.54, 1.807) is 6.07 Å². The van der Waals surface area contributed by atoms with Crippen molar-refractivity contribution in [2.75, 3.05) is 19.6 Å². The lowest BCUT2D eigenvalue weighted by atomic mass is 10.2. The van der Waals surface area contributed by atoms with Gasteiger partial charge in [0.1, 0.15) is 0 Å². The summed E-state index contributed by atoms with van der Waals surface area (Å²) in [6.07, 6.45) is 2.59. The summed E-state index contributed by atoms with van der Waals surface area (Å²) in [6, 6.07) is 5.53. The van der Waals surface area contributed by atoms with Gasteiger partial charge in [-0.2, -0.15) is 0 Å². The normalized spacial score (nSPS) is 17.3. The van der Waals surface area contributed by atoms with Crippen molar-refractivity contribution >= 4 is 21.6 Å². The second-order valence-corrected chi connectivity index (χ2v) is 6.09. The van der Waals surface area contributed by atoms with Gasteiger partial charge in [-0.25, -0.2) is 0 Å². The first-order valence-corrected chi connectivity index (χ1v) is 7.74. The molecule has 2 rings (SSSR count). The lowest BCUT2D eigenvalue weighted by Gasteiger charge is -2.21. The van der Waals surface area contributed by atoms with Crippen molar-refractivity contribution in [1.82, 2.24) is 10.2 Å². The highest BCUT2D eigenvalue weighted by atomic mass is 79.9. The van der Waals surface area contributed by atoms with E-state index in [0.717, 1.165) is 12.1 Å². The summed E-state index contributed by atoms with van der Waals surface area (Å²) >= 11 is 3.33. The highest BCUT2D eigenvalue weighted by Gasteiger charge is 2.17. The van der Waals surface area contributed by atoms with Gasteiger partial charge in [0.2, 0.25) is 0 Å². The molecule has 0 amide bonds. The molecule has 1 saturated heterocycles. The Labute approximate surface area is 127 Å². The molecule has 0 aromatic heterocycles. The number of benzene rings is 1. The first kappa shape index (κ1) is 15.4. The van der Waals surface area contributed by atoms with Gasteiger partial charge in [0.25, 0.3) is 5.69 Å². The average Bonchev–Trinajstić information content (AvgIpc) is 2.90. The van der Waals surface area contributed by atoms with Gasteiger partial charge in [-0.1, -0.05) is 12.1 Å². The van der Waals surface area contributed by atoms with E-state index in [1.165, 1.54) is 32.0 Å². The number of likely N-dealkylation sites (tertiary alicyclic amines) is 1. The Bertz CT molecular complexity index is 475. The van der Waals surface area contributed by atoms with Crippen LogP contribution in [-0.2, 0) is 6.54 Å². The lowest BCUT2D eigenvalue weighted by Crippen LogP contribution is -2.37. The van der Waals surface area contributed by atoms with Crippen molar-refractivity contribution < 1.29 is 4.92 Å². The minimum atomic E-state index is -0.360. The first-order chi connectivity index (χ1) is 9.58. The fraction of sp³-hybridized carbons (Fsp3) is 0.571. The van der Waals surface area contributed by atoms with E-state index >= 15 is 0 Å². The van der Waals surface area contributed by atoms with Crippen LogP contribution in [-0.4, -0.2) is 35.5 Å². The van der Waals surface area contributed by atoms with Crippen LogP contribution in [0.3, 0.4) is 0 Å². The lowest BCUT2D eigenvalue weighted by molar-refractivity contribution is -0.385. The molecule has 0 saturated carbocycles. The first-order valence-electron chi connectivity index (χ1n) is 6.95. The number of nitrogens with zero attached hydrogens (tertiary/aromatic N) is 2. The second-order valence-electron chi connectivity index (χ2n) is 5.30. The maximum Gasteiger partial charge on any atom is 0.283 e. The van der Waals surface area contributed by atoms with Crippen LogP contribution in [0.2, 0.25) is 0 Å². The highest BCUT2D eigenvalue weighted by molar-refractivity contribution is 9.10. The quantitative estimate of drug-likeness (QED) is 0.638. The number of nitrogens with one attached hydrogen (secondary N) is 1. The Hall–Kier alpha value is -0.980. The molecule has 1 heterocycles. The largest absolute Gasteiger partial charge is 0.309 e. The molecular weight excluding hydrogens is 322 g/mol. The van der Waals surface area contributed by atoms with Crippen molar-refractivity contribution in [3.8, 4) is 0 Å². The highest BCUT2D eigenvalue weighted by Crippen LogP contribution is 2.28. The van der Waals surface area contributed by atoms with E-state index < -0.39 is 0 Å². The van der Waals surface area contributed by atoms with E-state index in [-0.39, 0.29) is 10.6 Å². The Morgan fingerprint density at radius 2 is 2.15 bits per heavy atom. The molecular formula is C14H20BrN3O2. The van der Waals surface area contributed by atoms with Crippen LogP contribution in [0.1, 0.15) is 25.3 Å². The van der Waals surface area contributed by atoms with Crippen molar-refractivity contribution in [3.63, 3.8) is 0 Å². The summed E-state index contributed by atoms with van der Waals surface area (Å²) < 4.78 is 0.575. The number of halogens is 1. The molecule has 110 valence electrons. The second kappa shape index (κ2) is 7.15. The molecule has 0 aliphatic carbocycles. The third-order valence-corrected chi connectivity index (χ3v) is 4.54. The molecule has 1 aromatic rings. The summed E-state index contributed by atoms with van der Waals surface area (Å²) in [4.78, 5) is 13.0. The molecule has 0 radical (unpaired) electrons. The molecule has 6 heteroatoms. The minimum absolute atomic E-state index is 0.122.